The van der Waals surface area contributed by atoms with Gasteiger partial charge in [-0.25, -0.2) is 10.8 Å². The Morgan fingerprint density at radius 1 is 1.40 bits per heavy atom. The summed E-state index contributed by atoms with van der Waals surface area (Å²) < 4.78 is 5.59. The van der Waals surface area contributed by atoms with Gasteiger partial charge in [0.2, 0.25) is 0 Å². The Balaban J connectivity index is 2.09. The molecule has 1 aromatic heterocycles. The SMILES string of the molecule is Cc1ccc(OCc2cccc(C(=O)NN)n2)c(Cl)c1. The maximum absolute atomic E-state index is 11.4. The Hall–Kier alpha value is -2.11. The lowest BCUT2D eigenvalue weighted by Crippen LogP contribution is -2.30. The lowest BCUT2D eigenvalue weighted by Gasteiger charge is -2.09. The molecular formula is C14H14ClN3O2. The molecule has 0 radical (unpaired) electrons. The van der Waals surface area contributed by atoms with E-state index in [-0.39, 0.29) is 12.3 Å². The molecule has 0 saturated heterocycles. The van der Waals surface area contributed by atoms with Crippen molar-refractivity contribution in [1.82, 2.24) is 10.4 Å². The van der Waals surface area contributed by atoms with Crippen LogP contribution in [0.5, 0.6) is 5.75 Å². The molecule has 2 aromatic rings. The highest BCUT2D eigenvalue weighted by Gasteiger charge is 2.07. The molecule has 1 aromatic carbocycles. The highest BCUT2D eigenvalue weighted by atomic mass is 35.5. The van der Waals surface area contributed by atoms with Crippen molar-refractivity contribution in [3.8, 4) is 5.75 Å². The van der Waals surface area contributed by atoms with Crippen molar-refractivity contribution in [3.05, 3.63) is 58.4 Å². The van der Waals surface area contributed by atoms with E-state index in [1.807, 2.05) is 24.5 Å². The van der Waals surface area contributed by atoms with E-state index in [9.17, 15) is 4.79 Å². The number of hydrazine groups is 1. The molecule has 6 heteroatoms. The van der Waals surface area contributed by atoms with Crippen LogP contribution in [0.3, 0.4) is 0 Å². The van der Waals surface area contributed by atoms with E-state index in [4.69, 9.17) is 22.2 Å². The van der Waals surface area contributed by atoms with Crippen LogP contribution in [0.2, 0.25) is 5.02 Å². The van der Waals surface area contributed by atoms with Gasteiger partial charge in [-0.3, -0.25) is 10.2 Å². The van der Waals surface area contributed by atoms with Crippen LogP contribution in [-0.4, -0.2) is 10.9 Å². The van der Waals surface area contributed by atoms with Gasteiger partial charge < -0.3 is 4.74 Å². The zero-order valence-electron chi connectivity index (χ0n) is 10.9. The summed E-state index contributed by atoms with van der Waals surface area (Å²) in [6, 6.07) is 10.6. The van der Waals surface area contributed by atoms with E-state index in [0.29, 0.717) is 16.5 Å². The molecule has 0 atom stereocenters. The summed E-state index contributed by atoms with van der Waals surface area (Å²) in [6.07, 6.45) is 0. The predicted molar refractivity (Wildman–Crippen MR) is 76.4 cm³/mol. The van der Waals surface area contributed by atoms with Gasteiger partial charge in [-0.15, -0.1) is 0 Å². The second-order valence-corrected chi connectivity index (χ2v) is 4.62. The second-order valence-electron chi connectivity index (χ2n) is 4.21. The average molecular weight is 292 g/mol. The Bertz CT molecular complexity index is 632. The van der Waals surface area contributed by atoms with Crippen LogP contribution in [0.4, 0.5) is 0 Å². The quantitative estimate of drug-likeness (QED) is 0.514. The number of pyridine rings is 1. The van der Waals surface area contributed by atoms with E-state index in [1.54, 1.807) is 24.3 Å². The topological polar surface area (TPSA) is 77.2 Å². The number of nitrogens with two attached hydrogens (primary N) is 1. The molecule has 20 heavy (non-hydrogen) atoms. The van der Waals surface area contributed by atoms with Gasteiger partial charge >= 0.3 is 0 Å². The molecule has 0 saturated carbocycles. The highest BCUT2D eigenvalue weighted by Crippen LogP contribution is 2.25. The molecule has 1 amide bonds. The van der Waals surface area contributed by atoms with Gasteiger partial charge in [-0.05, 0) is 36.8 Å². The van der Waals surface area contributed by atoms with Crippen LogP contribution in [0.25, 0.3) is 0 Å². The molecule has 5 nitrogen and oxygen atoms in total. The maximum atomic E-state index is 11.4. The zero-order valence-corrected chi connectivity index (χ0v) is 11.6. The van der Waals surface area contributed by atoms with Gasteiger partial charge in [0.15, 0.2) is 0 Å². The fourth-order valence-corrected chi connectivity index (χ4v) is 1.92. The lowest BCUT2D eigenvalue weighted by atomic mass is 10.2. The van der Waals surface area contributed by atoms with Crippen molar-refractivity contribution >= 4 is 17.5 Å². The molecule has 0 bridgehead atoms. The van der Waals surface area contributed by atoms with Crippen molar-refractivity contribution in [2.75, 3.05) is 0 Å². The first kappa shape index (κ1) is 14.3. The van der Waals surface area contributed by atoms with E-state index >= 15 is 0 Å². The van der Waals surface area contributed by atoms with Crippen LogP contribution in [0.1, 0.15) is 21.7 Å². The standard InChI is InChI=1S/C14H14ClN3O2/c1-9-5-6-13(11(15)7-9)20-8-10-3-2-4-12(17-10)14(19)18-16/h2-7H,8,16H2,1H3,(H,18,19). The van der Waals surface area contributed by atoms with Crippen molar-refractivity contribution < 1.29 is 9.53 Å². The molecule has 0 spiro atoms. The van der Waals surface area contributed by atoms with Gasteiger partial charge in [-0.1, -0.05) is 23.7 Å². The number of halogens is 1. The Labute approximate surface area is 121 Å². The van der Waals surface area contributed by atoms with E-state index in [1.165, 1.54) is 0 Å². The molecule has 1 heterocycles. The van der Waals surface area contributed by atoms with E-state index in [2.05, 4.69) is 4.98 Å². The summed E-state index contributed by atoms with van der Waals surface area (Å²) in [7, 11) is 0. The Morgan fingerprint density at radius 2 is 2.20 bits per heavy atom. The number of nitrogens with zero attached hydrogens (tertiary/aromatic N) is 1. The minimum atomic E-state index is -0.444. The average Bonchev–Trinajstić information content (AvgIpc) is 2.46. The number of ether oxygens (including phenoxy) is 1. The summed E-state index contributed by atoms with van der Waals surface area (Å²) in [6.45, 7) is 2.17. The van der Waals surface area contributed by atoms with Crippen LogP contribution in [0.15, 0.2) is 36.4 Å². The van der Waals surface area contributed by atoms with Crippen LogP contribution < -0.4 is 16.0 Å². The molecule has 3 N–H and O–H groups in total. The number of hydrogen-bond acceptors (Lipinski definition) is 4. The number of amides is 1. The third-order valence-corrected chi connectivity index (χ3v) is 2.93. The maximum Gasteiger partial charge on any atom is 0.283 e. The molecule has 0 unspecified atom stereocenters. The number of carbonyl (C=O) groups excluding carboxylic acids is 1. The summed E-state index contributed by atoms with van der Waals surface area (Å²) in [5.41, 5.74) is 3.94. The predicted octanol–water partition coefficient (Wildman–Crippen LogP) is 2.23. The van der Waals surface area contributed by atoms with Gasteiger partial charge in [-0.2, -0.15) is 0 Å². The number of aryl methyl sites for hydroxylation is 1. The van der Waals surface area contributed by atoms with Gasteiger partial charge in [0, 0.05) is 0 Å². The van der Waals surface area contributed by atoms with Crippen molar-refractivity contribution in [3.63, 3.8) is 0 Å². The molecule has 0 aliphatic carbocycles. The highest BCUT2D eigenvalue weighted by molar-refractivity contribution is 6.32. The Kier molecular flexibility index (Phi) is 4.55. The van der Waals surface area contributed by atoms with Gasteiger partial charge in [0.25, 0.3) is 5.91 Å². The molecular weight excluding hydrogens is 278 g/mol. The first-order valence-electron chi connectivity index (χ1n) is 5.96. The van der Waals surface area contributed by atoms with Crippen molar-refractivity contribution in [2.24, 2.45) is 5.84 Å². The fourth-order valence-electron chi connectivity index (χ4n) is 1.63. The monoisotopic (exact) mass is 291 g/mol. The molecule has 0 aliphatic heterocycles. The number of nitrogens with one attached hydrogen (secondary N) is 1. The zero-order chi connectivity index (χ0) is 14.5. The van der Waals surface area contributed by atoms with Crippen molar-refractivity contribution in [2.45, 2.75) is 13.5 Å². The summed E-state index contributed by atoms with van der Waals surface area (Å²) in [5, 5.41) is 0.542. The largest absolute Gasteiger partial charge is 0.486 e. The summed E-state index contributed by atoms with van der Waals surface area (Å²) in [4.78, 5) is 15.5. The number of benzene rings is 1. The van der Waals surface area contributed by atoms with Crippen LogP contribution in [0, 0.1) is 6.92 Å². The van der Waals surface area contributed by atoms with Gasteiger partial charge in [0.05, 0.1) is 10.7 Å². The first-order chi connectivity index (χ1) is 9.60. The van der Waals surface area contributed by atoms with E-state index in [0.717, 1.165) is 5.56 Å². The van der Waals surface area contributed by atoms with Gasteiger partial charge in [0.1, 0.15) is 18.1 Å². The fraction of sp³-hybridized carbons (Fsp3) is 0.143. The number of rotatable bonds is 4. The van der Waals surface area contributed by atoms with Crippen molar-refractivity contribution in [1.29, 1.82) is 0 Å². The number of hydrogen-bond donors (Lipinski definition) is 2. The first-order valence-corrected chi connectivity index (χ1v) is 6.34. The minimum Gasteiger partial charge on any atom is -0.486 e. The second kappa shape index (κ2) is 6.36. The van der Waals surface area contributed by atoms with Crippen LogP contribution in [-0.2, 0) is 6.61 Å². The number of nitrogen functional groups attached to an aromatic ring is 1. The molecule has 0 aliphatic rings. The lowest BCUT2D eigenvalue weighted by molar-refractivity contribution is 0.0948. The summed E-state index contributed by atoms with van der Waals surface area (Å²) in [5.74, 6) is 5.20. The normalized spacial score (nSPS) is 10.2. The van der Waals surface area contributed by atoms with E-state index < -0.39 is 5.91 Å². The number of carbonyl (C=O) groups is 1. The smallest absolute Gasteiger partial charge is 0.283 e. The van der Waals surface area contributed by atoms with Crippen LogP contribution >= 0.6 is 11.6 Å². The molecule has 104 valence electrons. The third kappa shape index (κ3) is 3.46. The number of aromatic nitrogens is 1. The Morgan fingerprint density at radius 3 is 2.90 bits per heavy atom. The third-order valence-electron chi connectivity index (χ3n) is 2.63. The molecule has 0 fully saturated rings. The minimum absolute atomic E-state index is 0.217. The summed E-state index contributed by atoms with van der Waals surface area (Å²) >= 11 is 6.07. The molecule has 2 rings (SSSR count).